The first kappa shape index (κ1) is 9.73. The topological polar surface area (TPSA) is 72.6 Å². The van der Waals surface area contributed by atoms with E-state index in [1.807, 2.05) is 0 Å². The van der Waals surface area contributed by atoms with E-state index in [0.29, 0.717) is 18.7 Å². The van der Waals surface area contributed by atoms with E-state index in [1.165, 1.54) is 6.26 Å². The summed E-state index contributed by atoms with van der Waals surface area (Å²) in [5.41, 5.74) is 0.719. The molecular weight excluding hydrogens is 174 g/mol. The van der Waals surface area contributed by atoms with E-state index in [2.05, 4.69) is 9.68 Å². The Hall–Kier alpha value is -1.36. The monoisotopic (exact) mass is 185 g/mol. The van der Waals surface area contributed by atoms with Gasteiger partial charge >= 0.3 is 5.97 Å². The van der Waals surface area contributed by atoms with Crippen LogP contribution in [0.2, 0.25) is 0 Å². The van der Waals surface area contributed by atoms with Crippen molar-refractivity contribution in [2.24, 2.45) is 0 Å². The first-order valence-electron chi connectivity index (χ1n) is 4.00. The lowest BCUT2D eigenvalue weighted by Crippen LogP contribution is -2.07. The molecule has 0 bridgehead atoms. The zero-order chi connectivity index (χ0) is 9.68. The molecule has 1 rings (SSSR count). The number of aliphatic hydroxyl groups is 1. The number of ether oxygens (including phenoxy) is 1. The Morgan fingerprint density at radius 2 is 2.54 bits per heavy atom. The number of hydrogen-bond acceptors (Lipinski definition) is 5. The third-order valence-electron chi connectivity index (χ3n) is 1.49. The standard InChI is InChI=1S/C8H11NO4/c1-2-12-8(11)6-5-13-9-7(6)3-4-10/h5,10H,2-4H2,1H3. The van der Waals surface area contributed by atoms with Gasteiger partial charge in [-0.3, -0.25) is 0 Å². The minimum absolute atomic E-state index is 0.0705. The van der Waals surface area contributed by atoms with Crippen molar-refractivity contribution in [3.05, 3.63) is 17.5 Å². The fourth-order valence-electron chi connectivity index (χ4n) is 0.921. The second-order valence-electron chi connectivity index (χ2n) is 2.37. The van der Waals surface area contributed by atoms with Crippen LogP contribution in [0.1, 0.15) is 23.0 Å². The van der Waals surface area contributed by atoms with E-state index in [-0.39, 0.29) is 12.2 Å². The lowest BCUT2D eigenvalue weighted by atomic mass is 10.2. The summed E-state index contributed by atoms with van der Waals surface area (Å²) in [5.74, 6) is -0.466. The van der Waals surface area contributed by atoms with Crippen LogP contribution >= 0.6 is 0 Å². The number of carbonyl (C=O) groups is 1. The number of hydrogen-bond donors (Lipinski definition) is 1. The molecule has 5 heteroatoms. The van der Waals surface area contributed by atoms with Gasteiger partial charge in [-0.25, -0.2) is 4.79 Å². The van der Waals surface area contributed by atoms with Gasteiger partial charge < -0.3 is 14.4 Å². The summed E-state index contributed by atoms with van der Waals surface area (Å²) in [7, 11) is 0. The molecule has 0 saturated carbocycles. The first-order chi connectivity index (χ1) is 6.29. The highest BCUT2D eigenvalue weighted by Crippen LogP contribution is 2.08. The summed E-state index contributed by atoms with van der Waals surface area (Å²) in [6.45, 7) is 1.96. The Morgan fingerprint density at radius 3 is 3.15 bits per heavy atom. The smallest absolute Gasteiger partial charge is 0.343 e. The molecule has 0 amide bonds. The van der Waals surface area contributed by atoms with Gasteiger partial charge in [0.1, 0.15) is 17.5 Å². The summed E-state index contributed by atoms with van der Waals surface area (Å²) in [4.78, 5) is 11.2. The molecule has 0 aliphatic carbocycles. The van der Waals surface area contributed by atoms with Gasteiger partial charge in [-0.2, -0.15) is 0 Å². The second-order valence-corrected chi connectivity index (χ2v) is 2.37. The van der Waals surface area contributed by atoms with Gasteiger partial charge in [-0.15, -0.1) is 0 Å². The molecule has 1 aromatic rings. The molecule has 0 fully saturated rings. The quantitative estimate of drug-likeness (QED) is 0.687. The van der Waals surface area contributed by atoms with E-state index < -0.39 is 5.97 Å². The first-order valence-corrected chi connectivity index (χ1v) is 4.00. The second kappa shape index (κ2) is 4.61. The van der Waals surface area contributed by atoms with Crippen molar-refractivity contribution in [2.75, 3.05) is 13.2 Å². The molecule has 0 saturated heterocycles. The van der Waals surface area contributed by atoms with Gasteiger partial charge in [0.05, 0.1) is 6.61 Å². The maximum Gasteiger partial charge on any atom is 0.343 e. The van der Waals surface area contributed by atoms with Crippen molar-refractivity contribution >= 4 is 5.97 Å². The van der Waals surface area contributed by atoms with Crippen LogP contribution in [0.4, 0.5) is 0 Å². The van der Waals surface area contributed by atoms with Crippen LogP contribution in [-0.2, 0) is 11.2 Å². The van der Waals surface area contributed by atoms with Crippen LogP contribution in [-0.4, -0.2) is 29.4 Å². The molecule has 0 aliphatic heterocycles. The van der Waals surface area contributed by atoms with Crippen LogP contribution in [0.5, 0.6) is 0 Å². The molecule has 13 heavy (non-hydrogen) atoms. The fraction of sp³-hybridized carbons (Fsp3) is 0.500. The highest BCUT2D eigenvalue weighted by Gasteiger charge is 2.15. The molecule has 0 aliphatic rings. The molecular formula is C8H11NO4. The van der Waals surface area contributed by atoms with Gasteiger partial charge in [-0.05, 0) is 6.92 Å². The fourth-order valence-corrected chi connectivity index (χ4v) is 0.921. The van der Waals surface area contributed by atoms with E-state index in [0.717, 1.165) is 0 Å². The Balaban J connectivity index is 2.74. The lowest BCUT2D eigenvalue weighted by Gasteiger charge is -1.98. The minimum Gasteiger partial charge on any atom is -0.462 e. The molecule has 1 heterocycles. The molecule has 1 N–H and O–H groups in total. The normalized spacial score (nSPS) is 10.0. The highest BCUT2D eigenvalue weighted by molar-refractivity contribution is 5.90. The van der Waals surface area contributed by atoms with Crippen LogP contribution in [0, 0.1) is 0 Å². The van der Waals surface area contributed by atoms with Gasteiger partial charge in [-0.1, -0.05) is 5.16 Å². The molecule has 0 atom stereocenters. The van der Waals surface area contributed by atoms with Crippen LogP contribution in [0.25, 0.3) is 0 Å². The van der Waals surface area contributed by atoms with E-state index in [4.69, 9.17) is 9.84 Å². The maximum atomic E-state index is 11.2. The Kier molecular flexibility index (Phi) is 3.45. The maximum absolute atomic E-state index is 11.2. The van der Waals surface area contributed by atoms with Gasteiger partial charge in [0, 0.05) is 13.0 Å². The average Bonchev–Trinajstić information content (AvgIpc) is 2.54. The van der Waals surface area contributed by atoms with E-state index >= 15 is 0 Å². The van der Waals surface area contributed by atoms with Crippen molar-refractivity contribution in [1.29, 1.82) is 0 Å². The van der Waals surface area contributed by atoms with Gasteiger partial charge in [0.2, 0.25) is 0 Å². The Labute approximate surface area is 75.3 Å². The summed E-state index contributed by atoms with van der Waals surface area (Å²) >= 11 is 0. The predicted molar refractivity (Wildman–Crippen MR) is 43.2 cm³/mol. The molecule has 0 radical (unpaired) electrons. The van der Waals surface area contributed by atoms with Gasteiger partial charge in [0.15, 0.2) is 0 Å². The van der Waals surface area contributed by atoms with Crippen molar-refractivity contribution in [2.45, 2.75) is 13.3 Å². The van der Waals surface area contributed by atoms with Crippen molar-refractivity contribution < 1.29 is 19.2 Å². The number of rotatable bonds is 4. The van der Waals surface area contributed by atoms with Crippen LogP contribution in [0.3, 0.4) is 0 Å². The van der Waals surface area contributed by atoms with Crippen molar-refractivity contribution in [3.8, 4) is 0 Å². The zero-order valence-electron chi connectivity index (χ0n) is 7.32. The predicted octanol–water partition coefficient (Wildman–Crippen LogP) is 0.386. The summed E-state index contributed by atoms with van der Waals surface area (Å²) in [6, 6.07) is 0. The van der Waals surface area contributed by atoms with E-state index in [9.17, 15) is 4.79 Å². The minimum atomic E-state index is -0.466. The van der Waals surface area contributed by atoms with Crippen LogP contribution < -0.4 is 0 Å². The zero-order valence-corrected chi connectivity index (χ0v) is 7.32. The van der Waals surface area contributed by atoms with Crippen LogP contribution in [0.15, 0.2) is 10.8 Å². The lowest BCUT2D eigenvalue weighted by molar-refractivity contribution is 0.0524. The molecule has 5 nitrogen and oxygen atoms in total. The summed E-state index contributed by atoms with van der Waals surface area (Å²) in [5, 5.41) is 12.2. The molecule has 72 valence electrons. The van der Waals surface area contributed by atoms with Gasteiger partial charge in [0.25, 0.3) is 0 Å². The Bertz CT molecular complexity index is 281. The number of esters is 1. The van der Waals surface area contributed by atoms with E-state index in [1.54, 1.807) is 6.92 Å². The molecule has 0 spiro atoms. The third kappa shape index (κ3) is 2.29. The number of nitrogens with zero attached hydrogens (tertiary/aromatic N) is 1. The summed E-state index contributed by atoms with van der Waals surface area (Å²) < 4.78 is 9.36. The average molecular weight is 185 g/mol. The third-order valence-corrected chi connectivity index (χ3v) is 1.49. The molecule has 1 aromatic heterocycles. The Morgan fingerprint density at radius 1 is 1.77 bits per heavy atom. The van der Waals surface area contributed by atoms with Crippen molar-refractivity contribution in [3.63, 3.8) is 0 Å². The molecule has 0 unspecified atom stereocenters. The SMILES string of the molecule is CCOC(=O)c1conc1CCO. The molecule has 0 aromatic carbocycles. The largest absolute Gasteiger partial charge is 0.462 e. The summed E-state index contributed by atoms with van der Waals surface area (Å²) in [6.07, 6.45) is 1.52. The number of aromatic nitrogens is 1. The van der Waals surface area contributed by atoms with Crippen molar-refractivity contribution in [1.82, 2.24) is 5.16 Å². The number of carbonyl (C=O) groups excluding carboxylic acids is 1. The highest BCUT2D eigenvalue weighted by atomic mass is 16.5. The number of aliphatic hydroxyl groups excluding tert-OH is 1.